The number of hydrogen-bond acceptors (Lipinski definition) is 0. The fourth-order valence-electron chi connectivity index (χ4n) is 0. The Morgan fingerprint density at radius 3 is 0.143 bits per heavy atom. The summed E-state index contributed by atoms with van der Waals surface area (Å²) in [6.07, 6.45) is 8.75. The third-order valence-electron chi connectivity index (χ3n) is 0. The molecular weight excluding hydrogens is 420 g/mol. The van der Waals surface area contributed by atoms with E-state index in [4.69, 9.17) is 0 Å². The maximum absolute atomic E-state index is 2.12. The summed E-state index contributed by atoms with van der Waals surface area (Å²) >= 11 is 0. The van der Waals surface area contributed by atoms with Crippen molar-refractivity contribution in [3.8, 4) is 0 Å². The van der Waals surface area contributed by atoms with Gasteiger partial charge in [0, 0.05) is 0 Å². The van der Waals surface area contributed by atoms with E-state index in [1.54, 1.807) is 0 Å². The standard InChI is InChI=1S/7C3H8.14CH4/c7*1-3-2;;;;;;;;;;;;;;/h7*3H2,1-2H3;14*1H4. The van der Waals surface area contributed by atoms with Gasteiger partial charge in [-0.15, -0.1) is 0 Å². The Hall–Kier alpha value is 0. The Bertz CT molecular complexity index is 19.7. The van der Waals surface area contributed by atoms with Crippen molar-refractivity contribution in [3.63, 3.8) is 0 Å². The van der Waals surface area contributed by atoms with E-state index in [1.807, 2.05) is 0 Å². The molecule has 0 amide bonds. The second-order valence-electron chi connectivity index (χ2n) is 4.95. The van der Waals surface area contributed by atoms with E-state index in [-0.39, 0.29) is 104 Å². The highest BCUT2D eigenvalue weighted by molar-refractivity contribution is 3.94. The molecule has 0 unspecified atom stereocenters. The quantitative estimate of drug-likeness (QED) is 0.291. The lowest BCUT2D eigenvalue weighted by Gasteiger charge is -1.48. The molecule has 0 heteroatoms. The molecule has 0 aliphatic rings. The molecule has 0 N–H and O–H groups in total. The van der Waals surface area contributed by atoms with Crippen molar-refractivity contribution >= 4 is 0 Å². The summed E-state index contributed by atoms with van der Waals surface area (Å²) in [5.41, 5.74) is 0. The van der Waals surface area contributed by atoms with Gasteiger partial charge in [0.15, 0.2) is 0 Å². The van der Waals surface area contributed by atoms with Crippen LogP contribution in [0.2, 0.25) is 0 Å². The van der Waals surface area contributed by atoms with E-state index in [1.165, 1.54) is 44.9 Å². The molecule has 35 heavy (non-hydrogen) atoms. The van der Waals surface area contributed by atoms with Crippen LogP contribution in [0.25, 0.3) is 0 Å². The molecule has 0 bridgehead atoms. The second kappa shape index (κ2) is 756. The summed E-state index contributed by atoms with van der Waals surface area (Å²) in [4.78, 5) is 0. The van der Waals surface area contributed by atoms with E-state index in [0.717, 1.165) is 0 Å². The topological polar surface area (TPSA) is 0 Å². The van der Waals surface area contributed by atoms with Crippen LogP contribution in [-0.2, 0) is 0 Å². The van der Waals surface area contributed by atoms with Crippen molar-refractivity contribution in [1.82, 2.24) is 0 Å². The molecular formula is C35H112. The molecule has 0 rings (SSSR count). The first kappa shape index (κ1) is 206. The first-order chi connectivity index (χ1) is 9.90. The van der Waals surface area contributed by atoms with Gasteiger partial charge in [-0.05, 0) is 0 Å². The Morgan fingerprint density at radius 1 is 0.143 bits per heavy atom. The smallest absolute Gasteiger partial charge is 0.0590 e. The summed E-state index contributed by atoms with van der Waals surface area (Å²) in [5, 5.41) is 0. The molecule has 0 aromatic heterocycles. The summed E-state index contributed by atoms with van der Waals surface area (Å²) in [6.45, 7) is 29.8. The maximum atomic E-state index is 2.12. The lowest BCUT2D eigenvalue weighted by molar-refractivity contribution is 1.09. The normalized spacial score (nSPS) is 3.60. The van der Waals surface area contributed by atoms with Gasteiger partial charge in [0.25, 0.3) is 0 Å². The van der Waals surface area contributed by atoms with Gasteiger partial charge in [-0.3, -0.25) is 0 Å². The Balaban J connectivity index is -0.00000000322. The van der Waals surface area contributed by atoms with Crippen molar-refractivity contribution in [3.05, 3.63) is 0 Å². The Morgan fingerprint density at radius 2 is 0.143 bits per heavy atom. The van der Waals surface area contributed by atoms with Crippen LogP contribution in [0.1, 0.15) is 246 Å². The summed E-state index contributed by atoms with van der Waals surface area (Å²) < 4.78 is 0. The van der Waals surface area contributed by atoms with Gasteiger partial charge in [-0.1, -0.05) is 246 Å². The molecule has 0 aliphatic carbocycles. The molecule has 0 saturated carbocycles. The van der Waals surface area contributed by atoms with Crippen molar-refractivity contribution in [2.24, 2.45) is 0 Å². The molecule has 0 aliphatic heterocycles. The highest BCUT2D eigenvalue weighted by atomic mass is 13.4. The van der Waals surface area contributed by atoms with Crippen LogP contribution in [0.4, 0.5) is 0 Å². The fourth-order valence-corrected chi connectivity index (χ4v) is 0. The SMILES string of the molecule is C.C.C.C.C.C.C.C.C.C.C.C.C.C.CCC.CCC.CCC.CCC.CCC.CCC.CCC. The van der Waals surface area contributed by atoms with Gasteiger partial charge < -0.3 is 0 Å². The van der Waals surface area contributed by atoms with Gasteiger partial charge in [0.2, 0.25) is 0 Å². The third kappa shape index (κ3) is 0. The van der Waals surface area contributed by atoms with Gasteiger partial charge in [-0.2, -0.15) is 0 Å². The molecule has 0 spiro atoms. The summed E-state index contributed by atoms with van der Waals surface area (Å²) in [7, 11) is 0. The van der Waals surface area contributed by atoms with Crippen molar-refractivity contribution in [1.29, 1.82) is 0 Å². The predicted octanol–water partition coefficient (Wildman–Crippen LogP) is 18.8. The molecule has 0 saturated heterocycles. The first-order valence-electron chi connectivity index (χ1n) is 9.90. The lowest BCUT2D eigenvalue weighted by Crippen LogP contribution is -1.27. The van der Waals surface area contributed by atoms with Crippen LogP contribution in [0.3, 0.4) is 0 Å². The highest BCUT2D eigenvalue weighted by Gasteiger charge is 1.37. The average Bonchev–Trinajstić information content (AvgIpc) is 2.35. The lowest BCUT2D eigenvalue weighted by atomic mass is 10.6. The minimum atomic E-state index is 0. The molecule has 0 heterocycles. The molecule has 0 atom stereocenters. The van der Waals surface area contributed by atoms with Gasteiger partial charge in [-0.25, -0.2) is 0 Å². The van der Waals surface area contributed by atoms with Crippen molar-refractivity contribution in [2.45, 2.75) is 246 Å². The fraction of sp³-hybridized carbons (Fsp3) is 1.00. The minimum Gasteiger partial charge on any atom is -0.0776 e. The largest absolute Gasteiger partial charge is 0.0776 e. The molecule has 0 aromatic carbocycles. The molecule has 252 valence electrons. The monoisotopic (exact) mass is 533 g/mol. The van der Waals surface area contributed by atoms with Gasteiger partial charge in [0.05, 0.1) is 0 Å². The maximum Gasteiger partial charge on any atom is -0.0590 e. The zero-order valence-electron chi connectivity index (χ0n) is 18.9. The van der Waals surface area contributed by atoms with Gasteiger partial charge >= 0.3 is 0 Å². The average molecular weight is 533 g/mol. The molecule has 0 fully saturated rings. The van der Waals surface area contributed by atoms with Crippen LogP contribution in [0.15, 0.2) is 0 Å². The molecule has 0 radical (unpaired) electrons. The summed E-state index contributed by atoms with van der Waals surface area (Å²) in [6, 6.07) is 0. The van der Waals surface area contributed by atoms with Crippen molar-refractivity contribution in [2.75, 3.05) is 0 Å². The van der Waals surface area contributed by atoms with E-state index >= 15 is 0 Å². The second-order valence-corrected chi connectivity index (χ2v) is 4.95. The zero-order valence-corrected chi connectivity index (χ0v) is 18.9. The van der Waals surface area contributed by atoms with E-state index in [9.17, 15) is 0 Å². The van der Waals surface area contributed by atoms with E-state index < -0.39 is 0 Å². The summed E-state index contributed by atoms with van der Waals surface area (Å²) in [5.74, 6) is 0. The van der Waals surface area contributed by atoms with Crippen LogP contribution in [0, 0.1) is 0 Å². The van der Waals surface area contributed by atoms with Crippen molar-refractivity contribution < 1.29 is 0 Å². The molecule has 0 aromatic rings. The Kier molecular flexibility index (Phi) is 4460. The van der Waals surface area contributed by atoms with Crippen LogP contribution in [-0.4, -0.2) is 0 Å². The van der Waals surface area contributed by atoms with Crippen LogP contribution < -0.4 is 0 Å². The predicted molar refractivity (Wildman–Crippen MR) is 206 cm³/mol. The van der Waals surface area contributed by atoms with Gasteiger partial charge in [0.1, 0.15) is 0 Å². The van der Waals surface area contributed by atoms with Crippen LogP contribution in [0.5, 0.6) is 0 Å². The Labute approximate surface area is 245 Å². The minimum absolute atomic E-state index is 0. The highest BCUT2D eigenvalue weighted by Crippen LogP contribution is 1.58. The number of hydrogen-bond donors (Lipinski definition) is 0. The molecule has 0 nitrogen and oxygen atoms in total. The first-order valence-corrected chi connectivity index (χ1v) is 9.90. The number of rotatable bonds is 0. The van der Waals surface area contributed by atoms with Crippen LogP contribution >= 0.6 is 0 Å². The van der Waals surface area contributed by atoms with E-state index in [2.05, 4.69) is 96.9 Å². The third-order valence-corrected chi connectivity index (χ3v) is 0. The zero-order chi connectivity index (χ0) is 18.9. The van der Waals surface area contributed by atoms with E-state index in [0.29, 0.717) is 0 Å².